The molecule has 11 heavy (non-hydrogen) atoms. The minimum atomic E-state index is -0.766. The summed E-state index contributed by atoms with van der Waals surface area (Å²) >= 11 is 0. The minimum Gasteiger partial charge on any atom is -0.390 e. The first-order valence-corrected chi connectivity index (χ1v) is 3.86. The molecule has 0 aromatic heterocycles. The molecule has 4 heteroatoms. The Bertz CT molecular complexity index is 119. The van der Waals surface area contributed by atoms with Crippen molar-refractivity contribution in [3.05, 3.63) is 0 Å². The van der Waals surface area contributed by atoms with Crippen molar-refractivity contribution >= 4 is 0 Å². The normalized spacial score (nSPS) is 45.8. The van der Waals surface area contributed by atoms with Gasteiger partial charge in [0.1, 0.15) is 6.10 Å². The maximum Gasteiger partial charge on any atom is 0.106 e. The van der Waals surface area contributed by atoms with E-state index in [4.69, 9.17) is 10.5 Å². The molecule has 0 saturated carbocycles. The second-order valence-corrected chi connectivity index (χ2v) is 2.99. The summed E-state index contributed by atoms with van der Waals surface area (Å²) in [4.78, 5) is 0. The summed E-state index contributed by atoms with van der Waals surface area (Å²) in [5.74, 6) is 0. The quantitative estimate of drug-likeness (QED) is 0.453. The lowest BCUT2D eigenvalue weighted by atomic mass is 9.99. The first-order chi connectivity index (χ1) is 5.15. The Morgan fingerprint density at radius 2 is 2.18 bits per heavy atom. The molecule has 0 amide bonds. The molecule has 4 atom stereocenters. The Morgan fingerprint density at radius 3 is 2.64 bits per heavy atom. The maximum absolute atomic E-state index is 9.26. The number of nitrogens with two attached hydrogens (primary N) is 1. The summed E-state index contributed by atoms with van der Waals surface area (Å²) in [6, 6.07) is 0. The lowest BCUT2D eigenvalue weighted by Gasteiger charge is -2.34. The average Bonchev–Trinajstić information content (AvgIpc) is 1.99. The Hall–Kier alpha value is -0.160. The monoisotopic (exact) mass is 161 g/mol. The second-order valence-electron chi connectivity index (χ2n) is 2.99. The van der Waals surface area contributed by atoms with Gasteiger partial charge in [0, 0.05) is 13.0 Å². The molecular weight excluding hydrogens is 146 g/mol. The predicted molar refractivity (Wildman–Crippen MR) is 40.0 cm³/mol. The summed E-state index contributed by atoms with van der Waals surface area (Å²) in [7, 11) is 0. The zero-order valence-corrected chi connectivity index (χ0v) is 6.60. The number of hydrogen-bond acceptors (Lipinski definition) is 4. The fourth-order valence-electron chi connectivity index (χ4n) is 1.31. The third-order valence-electron chi connectivity index (χ3n) is 2.05. The van der Waals surface area contributed by atoms with E-state index in [1.807, 2.05) is 0 Å². The number of rotatable bonds is 1. The molecule has 1 aliphatic heterocycles. The molecular formula is C7H15NO3. The molecule has 4 nitrogen and oxygen atoms in total. The summed E-state index contributed by atoms with van der Waals surface area (Å²) in [5.41, 5.74) is 5.36. The van der Waals surface area contributed by atoms with Gasteiger partial charge in [0.05, 0.1) is 18.3 Å². The SMILES string of the molecule is C[C@H]1O[C@@H](CN)C[C@H](O)[C@H]1O. The maximum atomic E-state index is 9.26. The van der Waals surface area contributed by atoms with Gasteiger partial charge in [-0.3, -0.25) is 0 Å². The van der Waals surface area contributed by atoms with Crippen LogP contribution in [-0.2, 0) is 4.74 Å². The van der Waals surface area contributed by atoms with E-state index in [9.17, 15) is 10.2 Å². The highest BCUT2D eigenvalue weighted by Crippen LogP contribution is 2.18. The van der Waals surface area contributed by atoms with Gasteiger partial charge in [-0.25, -0.2) is 0 Å². The van der Waals surface area contributed by atoms with Gasteiger partial charge < -0.3 is 20.7 Å². The molecule has 0 unspecified atom stereocenters. The first kappa shape index (κ1) is 8.93. The van der Waals surface area contributed by atoms with Gasteiger partial charge in [-0.05, 0) is 6.92 Å². The number of aliphatic hydroxyl groups excluding tert-OH is 2. The lowest BCUT2D eigenvalue weighted by molar-refractivity contribution is -0.158. The standard InChI is InChI=1S/C7H15NO3/c1-4-7(10)6(9)2-5(3-8)11-4/h4-7,9-10H,2-3,8H2,1H3/t4-,5-,6+,7+/m1/s1. The van der Waals surface area contributed by atoms with Crippen molar-refractivity contribution in [1.29, 1.82) is 0 Å². The fourth-order valence-corrected chi connectivity index (χ4v) is 1.31. The van der Waals surface area contributed by atoms with Gasteiger partial charge in [0.2, 0.25) is 0 Å². The first-order valence-electron chi connectivity index (χ1n) is 3.86. The molecule has 0 aromatic rings. The molecule has 1 aliphatic rings. The summed E-state index contributed by atoms with van der Waals surface area (Å²) in [6.07, 6.45) is -1.44. The molecule has 0 aliphatic carbocycles. The van der Waals surface area contributed by atoms with Crippen LogP contribution >= 0.6 is 0 Å². The van der Waals surface area contributed by atoms with E-state index in [0.29, 0.717) is 13.0 Å². The minimum absolute atomic E-state index is 0.108. The van der Waals surface area contributed by atoms with Crippen LogP contribution in [0.25, 0.3) is 0 Å². The fraction of sp³-hybridized carbons (Fsp3) is 1.00. The van der Waals surface area contributed by atoms with Gasteiger partial charge in [0.25, 0.3) is 0 Å². The average molecular weight is 161 g/mol. The van der Waals surface area contributed by atoms with E-state index in [2.05, 4.69) is 0 Å². The molecule has 1 heterocycles. The van der Waals surface area contributed by atoms with Crippen LogP contribution in [0.1, 0.15) is 13.3 Å². The smallest absolute Gasteiger partial charge is 0.106 e. The van der Waals surface area contributed by atoms with Crippen molar-refractivity contribution in [3.63, 3.8) is 0 Å². The molecule has 66 valence electrons. The van der Waals surface area contributed by atoms with Gasteiger partial charge >= 0.3 is 0 Å². The topological polar surface area (TPSA) is 75.7 Å². The number of aliphatic hydroxyl groups is 2. The van der Waals surface area contributed by atoms with E-state index < -0.39 is 12.2 Å². The van der Waals surface area contributed by atoms with Crippen LogP contribution in [0.15, 0.2) is 0 Å². The van der Waals surface area contributed by atoms with Gasteiger partial charge in [-0.1, -0.05) is 0 Å². The molecule has 1 rings (SSSR count). The van der Waals surface area contributed by atoms with Crippen molar-refractivity contribution in [1.82, 2.24) is 0 Å². The molecule has 0 bridgehead atoms. The zero-order chi connectivity index (χ0) is 8.43. The highest BCUT2D eigenvalue weighted by atomic mass is 16.5. The van der Waals surface area contributed by atoms with Gasteiger partial charge in [-0.15, -0.1) is 0 Å². The van der Waals surface area contributed by atoms with Crippen molar-refractivity contribution in [2.24, 2.45) is 5.73 Å². The Morgan fingerprint density at radius 1 is 1.55 bits per heavy atom. The van der Waals surface area contributed by atoms with Crippen molar-refractivity contribution in [2.75, 3.05) is 6.54 Å². The van der Waals surface area contributed by atoms with Crippen molar-refractivity contribution < 1.29 is 14.9 Å². The Labute approximate surface area is 66.0 Å². The van der Waals surface area contributed by atoms with E-state index in [0.717, 1.165) is 0 Å². The van der Waals surface area contributed by atoms with E-state index in [-0.39, 0.29) is 12.2 Å². The van der Waals surface area contributed by atoms with E-state index >= 15 is 0 Å². The zero-order valence-electron chi connectivity index (χ0n) is 6.60. The predicted octanol–water partition coefficient (Wildman–Crippen LogP) is -1.16. The molecule has 0 spiro atoms. The molecule has 1 saturated heterocycles. The molecule has 0 radical (unpaired) electrons. The molecule has 1 fully saturated rings. The third-order valence-corrected chi connectivity index (χ3v) is 2.05. The third kappa shape index (κ3) is 1.90. The van der Waals surface area contributed by atoms with E-state index in [1.54, 1.807) is 6.92 Å². The number of hydrogen-bond donors (Lipinski definition) is 3. The van der Waals surface area contributed by atoms with Crippen LogP contribution < -0.4 is 5.73 Å². The van der Waals surface area contributed by atoms with Crippen LogP contribution in [0.2, 0.25) is 0 Å². The summed E-state index contributed by atoms with van der Waals surface area (Å²) < 4.78 is 5.28. The Kier molecular flexibility index (Phi) is 2.84. The highest BCUT2D eigenvalue weighted by Gasteiger charge is 2.32. The van der Waals surface area contributed by atoms with Crippen LogP contribution in [0, 0.1) is 0 Å². The van der Waals surface area contributed by atoms with Crippen LogP contribution in [0.5, 0.6) is 0 Å². The van der Waals surface area contributed by atoms with Crippen LogP contribution in [0.4, 0.5) is 0 Å². The lowest BCUT2D eigenvalue weighted by Crippen LogP contribution is -2.48. The molecule has 4 N–H and O–H groups in total. The number of ether oxygens (including phenoxy) is 1. The van der Waals surface area contributed by atoms with E-state index in [1.165, 1.54) is 0 Å². The second kappa shape index (κ2) is 3.49. The van der Waals surface area contributed by atoms with Crippen molar-refractivity contribution in [2.45, 2.75) is 37.8 Å². The summed E-state index contributed by atoms with van der Waals surface area (Å²) in [6.45, 7) is 2.13. The highest BCUT2D eigenvalue weighted by molar-refractivity contribution is 4.83. The Balaban J connectivity index is 2.47. The van der Waals surface area contributed by atoms with Crippen LogP contribution in [0.3, 0.4) is 0 Å². The summed E-state index contributed by atoms with van der Waals surface area (Å²) in [5, 5.41) is 18.5. The van der Waals surface area contributed by atoms with Gasteiger partial charge in [0.15, 0.2) is 0 Å². The van der Waals surface area contributed by atoms with Crippen LogP contribution in [-0.4, -0.2) is 41.2 Å². The largest absolute Gasteiger partial charge is 0.390 e. The van der Waals surface area contributed by atoms with Gasteiger partial charge in [-0.2, -0.15) is 0 Å². The van der Waals surface area contributed by atoms with Crippen molar-refractivity contribution in [3.8, 4) is 0 Å². The molecule has 0 aromatic carbocycles.